The van der Waals surface area contributed by atoms with Gasteiger partial charge in [-0.25, -0.2) is 4.98 Å². The van der Waals surface area contributed by atoms with Crippen LogP contribution in [0, 0.1) is 0 Å². The second-order valence-electron chi connectivity index (χ2n) is 9.19. The normalized spacial score (nSPS) is 13.9. The van der Waals surface area contributed by atoms with Crippen LogP contribution in [0.2, 0.25) is 0 Å². The summed E-state index contributed by atoms with van der Waals surface area (Å²) in [6, 6.07) is 21.4. The maximum atomic E-state index is 13.9. The lowest BCUT2D eigenvalue weighted by molar-refractivity contribution is 0.0629. The van der Waals surface area contributed by atoms with Crippen LogP contribution in [-0.4, -0.2) is 68.2 Å². The molecule has 0 radical (unpaired) electrons. The summed E-state index contributed by atoms with van der Waals surface area (Å²) in [6.07, 6.45) is 0. The summed E-state index contributed by atoms with van der Waals surface area (Å²) in [7, 11) is 4.99. The molecule has 7 nitrogen and oxygen atoms in total. The van der Waals surface area contributed by atoms with E-state index in [0.29, 0.717) is 18.7 Å². The molecule has 1 aliphatic heterocycles. The van der Waals surface area contributed by atoms with Gasteiger partial charge in [0.2, 0.25) is 0 Å². The molecule has 0 atom stereocenters. The molecule has 1 amide bonds. The fourth-order valence-corrected chi connectivity index (χ4v) is 5.17. The lowest BCUT2D eigenvalue weighted by atomic mass is 10.0. The van der Waals surface area contributed by atoms with Gasteiger partial charge in [0.25, 0.3) is 5.91 Å². The average molecular weight is 576 g/mol. The van der Waals surface area contributed by atoms with Crippen LogP contribution in [0.1, 0.15) is 15.9 Å². The van der Waals surface area contributed by atoms with Gasteiger partial charge in [-0.3, -0.25) is 9.69 Å². The van der Waals surface area contributed by atoms with E-state index in [9.17, 15) is 4.79 Å². The molecule has 3 aromatic carbocycles. The zero-order valence-corrected chi connectivity index (χ0v) is 23.3. The number of rotatable bonds is 7. The molecule has 0 saturated carbocycles. The molecule has 0 aliphatic carbocycles. The van der Waals surface area contributed by atoms with Gasteiger partial charge in [0, 0.05) is 53.7 Å². The third-order valence-electron chi connectivity index (χ3n) is 6.93. The Morgan fingerprint density at radius 1 is 0.842 bits per heavy atom. The van der Waals surface area contributed by atoms with Gasteiger partial charge in [-0.05, 0) is 66.7 Å². The third-order valence-corrected chi connectivity index (χ3v) is 7.42. The fourth-order valence-electron chi connectivity index (χ4n) is 4.81. The van der Waals surface area contributed by atoms with E-state index in [2.05, 4.69) is 20.8 Å². The van der Waals surface area contributed by atoms with Crippen molar-refractivity contribution in [3.8, 4) is 28.5 Å². The molecule has 0 unspecified atom stereocenters. The maximum absolute atomic E-state index is 13.9. The lowest BCUT2D eigenvalue weighted by Crippen LogP contribution is -2.48. The highest BCUT2D eigenvalue weighted by atomic mass is 79.9. The topological polar surface area (TPSA) is 64.1 Å². The summed E-state index contributed by atoms with van der Waals surface area (Å²) >= 11 is 3.56. The van der Waals surface area contributed by atoms with Crippen LogP contribution < -0.4 is 14.2 Å². The largest absolute Gasteiger partial charge is 0.497 e. The molecule has 5 rings (SSSR count). The first-order chi connectivity index (χ1) is 18.5. The number of pyridine rings is 1. The van der Waals surface area contributed by atoms with E-state index < -0.39 is 0 Å². The summed E-state index contributed by atoms with van der Waals surface area (Å²) in [6.45, 7) is 3.55. The van der Waals surface area contributed by atoms with Crippen molar-refractivity contribution in [2.75, 3.05) is 47.5 Å². The molecule has 1 aromatic heterocycles. The number of benzene rings is 3. The minimum atomic E-state index is 0.0175. The Hall–Kier alpha value is -3.62. The van der Waals surface area contributed by atoms with E-state index in [4.69, 9.17) is 19.2 Å². The van der Waals surface area contributed by atoms with Crippen LogP contribution in [0.15, 0.2) is 71.2 Å². The Bertz CT molecular complexity index is 1450. The van der Waals surface area contributed by atoms with Crippen LogP contribution in [0.5, 0.6) is 17.2 Å². The smallest absolute Gasteiger partial charge is 0.254 e. The number of nitrogens with zero attached hydrogens (tertiary/aromatic N) is 3. The Kier molecular flexibility index (Phi) is 7.81. The van der Waals surface area contributed by atoms with Gasteiger partial charge in [0.05, 0.1) is 38.1 Å². The van der Waals surface area contributed by atoms with Gasteiger partial charge in [-0.15, -0.1) is 0 Å². The minimum absolute atomic E-state index is 0.0175. The first-order valence-corrected chi connectivity index (χ1v) is 13.3. The summed E-state index contributed by atoms with van der Waals surface area (Å²) in [4.78, 5) is 23.0. The summed E-state index contributed by atoms with van der Waals surface area (Å²) < 4.78 is 17.2. The number of halogens is 1. The van der Waals surface area contributed by atoms with Crippen molar-refractivity contribution in [3.05, 3.63) is 82.3 Å². The number of carbonyl (C=O) groups excluding carboxylic acids is 1. The van der Waals surface area contributed by atoms with Gasteiger partial charge in [-0.1, -0.05) is 15.9 Å². The zero-order chi connectivity index (χ0) is 26.6. The molecule has 1 aliphatic rings. The van der Waals surface area contributed by atoms with Crippen molar-refractivity contribution in [1.82, 2.24) is 14.8 Å². The monoisotopic (exact) mass is 575 g/mol. The standard InChI is InChI=1S/C30H30BrN3O4/c1-36-23-7-4-20(5-8-23)28-18-26(25-17-22(31)6-10-27(25)32-28)30(35)34-14-12-33(13-15-34)19-21-16-24(37-2)9-11-29(21)38-3/h4-11,16-18H,12-15,19H2,1-3H3. The number of hydrogen-bond acceptors (Lipinski definition) is 6. The Morgan fingerprint density at radius 2 is 1.55 bits per heavy atom. The second-order valence-corrected chi connectivity index (χ2v) is 10.1. The van der Waals surface area contributed by atoms with E-state index in [-0.39, 0.29) is 5.91 Å². The highest BCUT2D eigenvalue weighted by molar-refractivity contribution is 9.10. The van der Waals surface area contributed by atoms with Crippen molar-refractivity contribution >= 4 is 32.7 Å². The van der Waals surface area contributed by atoms with Crippen LogP contribution in [0.3, 0.4) is 0 Å². The summed E-state index contributed by atoms with van der Waals surface area (Å²) in [5.41, 5.74) is 4.20. The van der Waals surface area contributed by atoms with Gasteiger partial charge < -0.3 is 19.1 Å². The van der Waals surface area contributed by atoms with E-state index in [1.165, 1.54) is 0 Å². The van der Waals surface area contributed by atoms with Gasteiger partial charge in [-0.2, -0.15) is 0 Å². The van der Waals surface area contributed by atoms with Crippen molar-refractivity contribution in [3.63, 3.8) is 0 Å². The predicted octanol–water partition coefficient (Wildman–Crippen LogP) is 5.65. The lowest BCUT2D eigenvalue weighted by Gasteiger charge is -2.35. The molecule has 0 bridgehead atoms. The Labute approximate surface area is 231 Å². The van der Waals surface area contributed by atoms with Crippen molar-refractivity contribution in [1.29, 1.82) is 0 Å². The van der Waals surface area contributed by atoms with Crippen molar-refractivity contribution < 1.29 is 19.0 Å². The number of ether oxygens (including phenoxy) is 3. The van der Waals surface area contributed by atoms with Gasteiger partial charge in [0.15, 0.2) is 0 Å². The van der Waals surface area contributed by atoms with E-state index in [0.717, 1.165) is 69.1 Å². The molecule has 0 spiro atoms. The first-order valence-electron chi connectivity index (χ1n) is 12.5. The number of aromatic nitrogens is 1. The third kappa shape index (κ3) is 5.47. The molecule has 4 aromatic rings. The molecular formula is C30H30BrN3O4. The number of piperazine rings is 1. The van der Waals surface area contributed by atoms with Crippen LogP contribution >= 0.6 is 15.9 Å². The van der Waals surface area contributed by atoms with Crippen LogP contribution in [0.25, 0.3) is 22.2 Å². The molecule has 8 heteroatoms. The zero-order valence-electron chi connectivity index (χ0n) is 21.7. The highest BCUT2D eigenvalue weighted by Gasteiger charge is 2.25. The second kappa shape index (κ2) is 11.4. The maximum Gasteiger partial charge on any atom is 0.254 e. The Morgan fingerprint density at radius 3 is 2.24 bits per heavy atom. The number of methoxy groups -OCH3 is 3. The van der Waals surface area contributed by atoms with E-state index >= 15 is 0 Å². The molecule has 2 heterocycles. The Balaban J connectivity index is 1.38. The van der Waals surface area contributed by atoms with Crippen molar-refractivity contribution in [2.24, 2.45) is 0 Å². The van der Waals surface area contributed by atoms with Gasteiger partial charge >= 0.3 is 0 Å². The molecule has 0 N–H and O–H groups in total. The van der Waals surface area contributed by atoms with E-state index in [1.54, 1.807) is 21.3 Å². The molecule has 1 saturated heterocycles. The number of amides is 1. The first kappa shape index (κ1) is 26.0. The number of carbonyl (C=O) groups is 1. The highest BCUT2D eigenvalue weighted by Crippen LogP contribution is 2.30. The quantitative estimate of drug-likeness (QED) is 0.284. The SMILES string of the molecule is COc1ccc(-c2cc(C(=O)N3CCN(Cc4cc(OC)ccc4OC)CC3)c3cc(Br)ccc3n2)cc1. The molecule has 38 heavy (non-hydrogen) atoms. The summed E-state index contributed by atoms with van der Waals surface area (Å²) in [5.74, 6) is 2.44. The predicted molar refractivity (Wildman–Crippen MR) is 152 cm³/mol. The summed E-state index contributed by atoms with van der Waals surface area (Å²) in [5, 5.41) is 0.838. The fraction of sp³-hybridized carbons (Fsp3) is 0.267. The number of hydrogen-bond donors (Lipinski definition) is 0. The van der Waals surface area contributed by atoms with Crippen LogP contribution in [0.4, 0.5) is 0 Å². The van der Waals surface area contributed by atoms with Crippen molar-refractivity contribution in [2.45, 2.75) is 6.54 Å². The number of fused-ring (bicyclic) bond motifs is 1. The van der Waals surface area contributed by atoms with Gasteiger partial charge in [0.1, 0.15) is 17.2 Å². The minimum Gasteiger partial charge on any atom is -0.497 e. The molecular weight excluding hydrogens is 546 g/mol. The molecule has 196 valence electrons. The van der Waals surface area contributed by atoms with Crippen LogP contribution in [-0.2, 0) is 6.54 Å². The van der Waals surface area contributed by atoms with E-state index in [1.807, 2.05) is 71.6 Å². The average Bonchev–Trinajstić information content (AvgIpc) is 2.96. The molecule has 1 fully saturated rings.